The van der Waals surface area contributed by atoms with E-state index in [1.165, 1.54) is 11.1 Å². The van der Waals surface area contributed by atoms with Gasteiger partial charge in [0.2, 0.25) is 0 Å². The average Bonchev–Trinajstić information content (AvgIpc) is 2.25. The average molecular weight is 192 g/mol. The number of benzene rings is 1. The van der Waals surface area contributed by atoms with Gasteiger partial charge in [-0.25, -0.2) is 0 Å². The second-order valence-corrected chi connectivity index (χ2v) is 3.45. The molecule has 2 N–H and O–H groups in total. The molecule has 1 aromatic carbocycles. The van der Waals surface area contributed by atoms with Crippen LogP contribution in [0.5, 0.6) is 0 Å². The van der Waals surface area contributed by atoms with Crippen LogP contribution in [0.1, 0.15) is 18.1 Å². The van der Waals surface area contributed by atoms with Gasteiger partial charge in [0.05, 0.1) is 0 Å². The molecule has 2 heteroatoms. The van der Waals surface area contributed by atoms with Gasteiger partial charge in [-0.05, 0) is 31.0 Å². The molecule has 0 radical (unpaired) electrons. The predicted octanol–water partition coefficient (Wildman–Crippen LogP) is 1.56. The molecule has 1 rings (SSSR count). The summed E-state index contributed by atoms with van der Waals surface area (Å²) in [6, 6.07) is 8.88. The second kappa shape index (κ2) is 6.57. The summed E-state index contributed by atoms with van der Waals surface area (Å²) in [6.45, 7) is 4.10. The van der Waals surface area contributed by atoms with Crippen LogP contribution in [0.3, 0.4) is 0 Å². The minimum Gasteiger partial charge on any atom is -0.308 e. The molecule has 0 bridgehead atoms. The Bertz CT molecular complexity index is 241. The maximum atomic E-state index is 3.30. The lowest BCUT2D eigenvalue weighted by Gasteiger charge is -2.04. The summed E-state index contributed by atoms with van der Waals surface area (Å²) in [5, 5.41) is 6.36. The molecule has 1 aromatic rings. The highest BCUT2D eigenvalue weighted by atomic mass is 15.0. The highest BCUT2D eigenvalue weighted by molar-refractivity contribution is 5.22. The van der Waals surface area contributed by atoms with Gasteiger partial charge in [-0.15, -0.1) is 0 Å². The Kier molecular flexibility index (Phi) is 5.27. The smallest absolute Gasteiger partial charge is 0.0451 e. The maximum absolute atomic E-state index is 3.30. The van der Waals surface area contributed by atoms with Crippen LogP contribution < -0.4 is 10.6 Å². The standard InChI is InChI=1S/C12H20N2/c1-3-11-4-6-12(7-5-11)8-9-14-10-13-2/h4-7,13-14H,3,8-10H2,1-2H3. The van der Waals surface area contributed by atoms with Crippen LogP contribution in [0, 0.1) is 0 Å². The summed E-state index contributed by atoms with van der Waals surface area (Å²) in [4.78, 5) is 0. The fourth-order valence-corrected chi connectivity index (χ4v) is 1.39. The molecule has 0 heterocycles. The summed E-state index contributed by atoms with van der Waals surface area (Å²) in [6.07, 6.45) is 2.23. The Morgan fingerprint density at radius 1 is 1.07 bits per heavy atom. The summed E-state index contributed by atoms with van der Waals surface area (Å²) in [5.74, 6) is 0. The molecule has 0 aliphatic rings. The Hall–Kier alpha value is -0.860. The third-order valence-corrected chi connectivity index (χ3v) is 2.32. The number of nitrogens with one attached hydrogen (secondary N) is 2. The van der Waals surface area contributed by atoms with Crippen LogP contribution in [0.4, 0.5) is 0 Å². The van der Waals surface area contributed by atoms with Crippen molar-refractivity contribution >= 4 is 0 Å². The van der Waals surface area contributed by atoms with Crippen molar-refractivity contribution in [2.45, 2.75) is 19.8 Å². The molecule has 0 fully saturated rings. The largest absolute Gasteiger partial charge is 0.308 e. The lowest BCUT2D eigenvalue weighted by Crippen LogP contribution is -2.27. The van der Waals surface area contributed by atoms with Crippen molar-refractivity contribution in [1.82, 2.24) is 10.6 Å². The van der Waals surface area contributed by atoms with E-state index >= 15 is 0 Å². The fourth-order valence-electron chi connectivity index (χ4n) is 1.39. The van der Waals surface area contributed by atoms with Crippen molar-refractivity contribution in [3.05, 3.63) is 35.4 Å². The monoisotopic (exact) mass is 192 g/mol. The fraction of sp³-hybridized carbons (Fsp3) is 0.500. The Balaban J connectivity index is 2.29. The minimum absolute atomic E-state index is 0.882. The van der Waals surface area contributed by atoms with Crippen molar-refractivity contribution in [2.24, 2.45) is 0 Å². The van der Waals surface area contributed by atoms with E-state index < -0.39 is 0 Å². The zero-order valence-electron chi connectivity index (χ0n) is 9.14. The molecule has 0 atom stereocenters. The molecule has 0 aliphatic heterocycles. The van der Waals surface area contributed by atoms with Gasteiger partial charge in [0.15, 0.2) is 0 Å². The highest BCUT2D eigenvalue weighted by Crippen LogP contribution is 2.04. The lowest BCUT2D eigenvalue weighted by molar-refractivity contribution is 0.631. The molecule has 0 saturated carbocycles. The third-order valence-electron chi connectivity index (χ3n) is 2.32. The van der Waals surface area contributed by atoms with Gasteiger partial charge in [0.1, 0.15) is 0 Å². The van der Waals surface area contributed by atoms with E-state index in [-0.39, 0.29) is 0 Å². The first-order valence-electron chi connectivity index (χ1n) is 5.30. The van der Waals surface area contributed by atoms with Crippen molar-refractivity contribution in [2.75, 3.05) is 20.3 Å². The van der Waals surface area contributed by atoms with Crippen LogP contribution in [0.25, 0.3) is 0 Å². The van der Waals surface area contributed by atoms with Gasteiger partial charge in [0.25, 0.3) is 0 Å². The topological polar surface area (TPSA) is 24.1 Å². The van der Waals surface area contributed by atoms with Crippen LogP contribution in [-0.4, -0.2) is 20.3 Å². The Morgan fingerprint density at radius 2 is 1.71 bits per heavy atom. The molecule has 0 aromatic heterocycles. The van der Waals surface area contributed by atoms with Crippen molar-refractivity contribution < 1.29 is 0 Å². The number of hydrogen-bond donors (Lipinski definition) is 2. The predicted molar refractivity (Wildman–Crippen MR) is 61.5 cm³/mol. The molecule has 0 amide bonds. The zero-order valence-corrected chi connectivity index (χ0v) is 9.14. The first-order valence-corrected chi connectivity index (χ1v) is 5.30. The number of hydrogen-bond acceptors (Lipinski definition) is 2. The van der Waals surface area contributed by atoms with Gasteiger partial charge < -0.3 is 10.6 Å². The van der Waals surface area contributed by atoms with Gasteiger partial charge in [-0.1, -0.05) is 31.2 Å². The summed E-state index contributed by atoms with van der Waals surface area (Å²) in [5.41, 5.74) is 2.82. The third kappa shape index (κ3) is 3.90. The quantitative estimate of drug-likeness (QED) is 0.528. The molecule has 0 aliphatic carbocycles. The number of aryl methyl sites for hydroxylation is 1. The normalized spacial score (nSPS) is 10.4. The molecule has 78 valence electrons. The second-order valence-electron chi connectivity index (χ2n) is 3.45. The van der Waals surface area contributed by atoms with Crippen LogP contribution in [0.2, 0.25) is 0 Å². The molecule has 0 saturated heterocycles. The van der Waals surface area contributed by atoms with E-state index in [0.717, 1.165) is 26.1 Å². The van der Waals surface area contributed by atoms with E-state index in [4.69, 9.17) is 0 Å². The Morgan fingerprint density at radius 3 is 2.29 bits per heavy atom. The van der Waals surface area contributed by atoms with Gasteiger partial charge in [0, 0.05) is 13.2 Å². The minimum atomic E-state index is 0.882. The van der Waals surface area contributed by atoms with E-state index in [0.29, 0.717) is 0 Å². The summed E-state index contributed by atoms with van der Waals surface area (Å²) >= 11 is 0. The maximum Gasteiger partial charge on any atom is 0.0451 e. The van der Waals surface area contributed by atoms with Gasteiger partial charge in [-0.3, -0.25) is 0 Å². The highest BCUT2D eigenvalue weighted by Gasteiger charge is 1.92. The van der Waals surface area contributed by atoms with Crippen LogP contribution in [0.15, 0.2) is 24.3 Å². The summed E-state index contributed by atoms with van der Waals surface area (Å²) < 4.78 is 0. The van der Waals surface area contributed by atoms with E-state index in [1.807, 2.05) is 7.05 Å². The van der Waals surface area contributed by atoms with E-state index in [2.05, 4.69) is 41.8 Å². The first-order chi connectivity index (χ1) is 6.86. The molecule has 0 spiro atoms. The first kappa shape index (κ1) is 11.2. The molecule has 2 nitrogen and oxygen atoms in total. The van der Waals surface area contributed by atoms with Crippen molar-refractivity contribution in [3.8, 4) is 0 Å². The SMILES string of the molecule is CCc1ccc(CCNCNC)cc1. The summed E-state index contributed by atoms with van der Waals surface area (Å²) in [7, 11) is 1.95. The zero-order chi connectivity index (χ0) is 10.2. The van der Waals surface area contributed by atoms with E-state index in [1.54, 1.807) is 0 Å². The van der Waals surface area contributed by atoms with Crippen LogP contribution >= 0.6 is 0 Å². The van der Waals surface area contributed by atoms with Gasteiger partial charge >= 0.3 is 0 Å². The van der Waals surface area contributed by atoms with Crippen LogP contribution in [-0.2, 0) is 12.8 Å². The van der Waals surface area contributed by atoms with Gasteiger partial charge in [-0.2, -0.15) is 0 Å². The molecular formula is C12H20N2. The molecular weight excluding hydrogens is 172 g/mol. The van der Waals surface area contributed by atoms with Crippen molar-refractivity contribution in [3.63, 3.8) is 0 Å². The van der Waals surface area contributed by atoms with Crippen molar-refractivity contribution in [1.29, 1.82) is 0 Å². The molecule has 14 heavy (non-hydrogen) atoms. The molecule has 0 unspecified atom stereocenters. The number of rotatable bonds is 6. The Labute approximate surface area is 86.7 Å². The van der Waals surface area contributed by atoms with E-state index in [9.17, 15) is 0 Å². The lowest BCUT2D eigenvalue weighted by atomic mass is 10.1.